The highest BCUT2D eigenvalue weighted by atomic mass is 35.5. The molecule has 0 saturated heterocycles. The third kappa shape index (κ3) is 2.40. The van der Waals surface area contributed by atoms with Crippen LogP contribution in [0.5, 0.6) is 0 Å². The van der Waals surface area contributed by atoms with Gasteiger partial charge in [0.2, 0.25) is 0 Å². The van der Waals surface area contributed by atoms with Gasteiger partial charge >= 0.3 is 0 Å². The summed E-state index contributed by atoms with van der Waals surface area (Å²) in [5, 5.41) is 10.6. The van der Waals surface area contributed by atoms with Gasteiger partial charge < -0.3 is 10.8 Å². The number of halogens is 2. The average molecular weight is 272 g/mol. The third-order valence-corrected chi connectivity index (χ3v) is 4.40. The summed E-state index contributed by atoms with van der Waals surface area (Å²) >= 11 is 5.77. The van der Waals surface area contributed by atoms with Crippen LogP contribution in [0.1, 0.15) is 43.8 Å². The Morgan fingerprint density at radius 1 is 1.33 bits per heavy atom. The van der Waals surface area contributed by atoms with Crippen molar-refractivity contribution in [1.82, 2.24) is 0 Å². The lowest BCUT2D eigenvalue weighted by Gasteiger charge is -2.40. The molecule has 3 N–H and O–H groups in total. The molecule has 0 amide bonds. The van der Waals surface area contributed by atoms with Gasteiger partial charge in [0.1, 0.15) is 5.82 Å². The monoisotopic (exact) mass is 271 g/mol. The minimum Gasteiger partial charge on any atom is -0.388 e. The van der Waals surface area contributed by atoms with Crippen LogP contribution < -0.4 is 5.73 Å². The van der Waals surface area contributed by atoms with Crippen LogP contribution in [-0.4, -0.2) is 11.7 Å². The maximum absolute atomic E-state index is 14.0. The Hall–Kier alpha value is -0.640. The molecular weight excluding hydrogens is 253 g/mol. The molecule has 2 rings (SSSR count). The van der Waals surface area contributed by atoms with Gasteiger partial charge in [0, 0.05) is 17.5 Å². The lowest BCUT2D eigenvalue weighted by atomic mass is 9.68. The molecule has 0 bridgehead atoms. The molecular formula is C14H19ClFNO. The number of benzene rings is 1. The summed E-state index contributed by atoms with van der Waals surface area (Å²) in [6.45, 7) is 0.375. The molecule has 100 valence electrons. The van der Waals surface area contributed by atoms with Crippen molar-refractivity contribution in [2.45, 2.75) is 38.2 Å². The second-order valence-electron chi connectivity index (χ2n) is 5.17. The van der Waals surface area contributed by atoms with Crippen LogP contribution in [-0.2, 0) is 0 Å². The highest BCUT2D eigenvalue weighted by Crippen LogP contribution is 2.46. The summed E-state index contributed by atoms with van der Waals surface area (Å²) in [6.07, 6.45) is 4.05. The van der Waals surface area contributed by atoms with E-state index in [0.29, 0.717) is 6.54 Å². The predicted molar refractivity (Wildman–Crippen MR) is 70.9 cm³/mol. The molecule has 1 fully saturated rings. The van der Waals surface area contributed by atoms with Gasteiger partial charge in [-0.25, -0.2) is 4.39 Å². The summed E-state index contributed by atoms with van der Waals surface area (Å²) < 4.78 is 14.0. The quantitative estimate of drug-likeness (QED) is 0.885. The number of hydrogen-bond donors (Lipinski definition) is 2. The lowest BCUT2D eigenvalue weighted by Crippen LogP contribution is -2.39. The fourth-order valence-corrected chi connectivity index (χ4v) is 3.09. The van der Waals surface area contributed by atoms with Gasteiger partial charge in [-0.05, 0) is 18.9 Å². The SMILES string of the molecule is NCC1(C(O)c2cccc(Cl)c2F)CCCCC1. The van der Waals surface area contributed by atoms with E-state index in [2.05, 4.69) is 0 Å². The number of rotatable bonds is 3. The van der Waals surface area contributed by atoms with E-state index in [0.717, 1.165) is 32.1 Å². The van der Waals surface area contributed by atoms with Crippen molar-refractivity contribution in [3.05, 3.63) is 34.6 Å². The fraction of sp³-hybridized carbons (Fsp3) is 0.571. The van der Waals surface area contributed by atoms with Gasteiger partial charge in [-0.1, -0.05) is 43.0 Å². The van der Waals surface area contributed by atoms with Crippen LogP contribution in [0.4, 0.5) is 4.39 Å². The van der Waals surface area contributed by atoms with Crippen LogP contribution in [0, 0.1) is 11.2 Å². The Balaban J connectivity index is 2.33. The van der Waals surface area contributed by atoms with Crippen LogP contribution >= 0.6 is 11.6 Å². The smallest absolute Gasteiger partial charge is 0.147 e. The molecule has 0 aliphatic heterocycles. The van der Waals surface area contributed by atoms with E-state index in [1.165, 1.54) is 6.07 Å². The molecule has 1 saturated carbocycles. The lowest BCUT2D eigenvalue weighted by molar-refractivity contribution is -0.00152. The number of hydrogen-bond acceptors (Lipinski definition) is 2. The number of aliphatic hydroxyl groups is 1. The highest BCUT2D eigenvalue weighted by Gasteiger charge is 2.39. The molecule has 1 aromatic carbocycles. The van der Waals surface area contributed by atoms with E-state index in [1.54, 1.807) is 12.1 Å². The third-order valence-electron chi connectivity index (χ3n) is 4.11. The fourth-order valence-electron chi connectivity index (χ4n) is 2.91. The van der Waals surface area contributed by atoms with Gasteiger partial charge in [-0.3, -0.25) is 0 Å². The topological polar surface area (TPSA) is 46.2 Å². The van der Waals surface area contributed by atoms with E-state index in [4.69, 9.17) is 17.3 Å². The molecule has 2 nitrogen and oxygen atoms in total. The van der Waals surface area contributed by atoms with E-state index >= 15 is 0 Å². The summed E-state index contributed by atoms with van der Waals surface area (Å²) in [5.41, 5.74) is 5.72. The minimum absolute atomic E-state index is 0.0505. The first-order valence-electron chi connectivity index (χ1n) is 6.43. The molecule has 18 heavy (non-hydrogen) atoms. The first-order valence-corrected chi connectivity index (χ1v) is 6.80. The molecule has 0 heterocycles. The summed E-state index contributed by atoms with van der Waals surface area (Å²) in [7, 11) is 0. The summed E-state index contributed by atoms with van der Waals surface area (Å²) in [4.78, 5) is 0. The van der Waals surface area contributed by atoms with E-state index in [-0.39, 0.29) is 10.6 Å². The molecule has 1 aliphatic carbocycles. The number of aliphatic hydroxyl groups excluding tert-OH is 1. The Morgan fingerprint density at radius 2 is 2.00 bits per heavy atom. The van der Waals surface area contributed by atoms with Gasteiger partial charge in [0.25, 0.3) is 0 Å². The van der Waals surface area contributed by atoms with Crippen LogP contribution in [0.2, 0.25) is 5.02 Å². The normalized spacial score (nSPS) is 20.7. The van der Waals surface area contributed by atoms with Gasteiger partial charge in [-0.2, -0.15) is 0 Å². The molecule has 0 aromatic heterocycles. The highest BCUT2D eigenvalue weighted by molar-refractivity contribution is 6.30. The van der Waals surface area contributed by atoms with E-state index < -0.39 is 17.3 Å². The van der Waals surface area contributed by atoms with E-state index in [1.807, 2.05) is 0 Å². The van der Waals surface area contributed by atoms with Crippen LogP contribution in [0.25, 0.3) is 0 Å². The molecule has 1 aromatic rings. The number of nitrogens with two attached hydrogens (primary N) is 1. The zero-order chi connectivity index (χ0) is 13.2. The molecule has 1 aliphatic rings. The largest absolute Gasteiger partial charge is 0.388 e. The average Bonchev–Trinajstić information content (AvgIpc) is 2.42. The zero-order valence-electron chi connectivity index (χ0n) is 10.3. The molecule has 4 heteroatoms. The predicted octanol–water partition coefficient (Wildman–Crippen LogP) is 3.42. The van der Waals surface area contributed by atoms with Crippen molar-refractivity contribution in [2.75, 3.05) is 6.54 Å². The minimum atomic E-state index is -0.874. The second kappa shape index (κ2) is 5.55. The molecule has 0 radical (unpaired) electrons. The van der Waals surface area contributed by atoms with E-state index in [9.17, 15) is 9.50 Å². The molecule has 1 atom stereocenters. The Bertz CT molecular complexity index is 418. The Kier molecular flexibility index (Phi) is 4.25. The summed E-state index contributed by atoms with van der Waals surface area (Å²) in [6, 6.07) is 4.75. The molecule has 0 spiro atoms. The van der Waals surface area contributed by atoms with Crippen molar-refractivity contribution in [2.24, 2.45) is 11.1 Å². The van der Waals surface area contributed by atoms with Crippen molar-refractivity contribution in [1.29, 1.82) is 0 Å². The van der Waals surface area contributed by atoms with Gasteiger partial charge in [-0.15, -0.1) is 0 Å². The van der Waals surface area contributed by atoms with Crippen molar-refractivity contribution in [3.63, 3.8) is 0 Å². The molecule has 1 unspecified atom stereocenters. The van der Waals surface area contributed by atoms with Crippen LogP contribution in [0.15, 0.2) is 18.2 Å². The van der Waals surface area contributed by atoms with Crippen molar-refractivity contribution < 1.29 is 9.50 Å². The van der Waals surface area contributed by atoms with Crippen LogP contribution in [0.3, 0.4) is 0 Å². The summed E-state index contributed by atoms with van der Waals surface area (Å²) in [5.74, 6) is -0.523. The van der Waals surface area contributed by atoms with Crippen molar-refractivity contribution >= 4 is 11.6 Å². The first-order chi connectivity index (χ1) is 8.60. The van der Waals surface area contributed by atoms with Gasteiger partial charge in [0.15, 0.2) is 0 Å². The van der Waals surface area contributed by atoms with Crippen molar-refractivity contribution in [3.8, 4) is 0 Å². The first kappa shape index (κ1) is 13.8. The zero-order valence-corrected chi connectivity index (χ0v) is 11.1. The maximum atomic E-state index is 14.0. The van der Waals surface area contributed by atoms with Gasteiger partial charge in [0.05, 0.1) is 11.1 Å². The standard InChI is InChI=1S/C14H19ClFNO/c15-11-6-4-5-10(12(11)16)13(18)14(9-17)7-2-1-3-8-14/h4-6,13,18H,1-3,7-9,17H2. The Labute approximate surface area is 112 Å². The maximum Gasteiger partial charge on any atom is 0.147 e. The second-order valence-corrected chi connectivity index (χ2v) is 5.58. The Morgan fingerprint density at radius 3 is 2.61 bits per heavy atom.